The van der Waals surface area contributed by atoms with Crippen LogP contribution in [0, 0.1) is 29.1 Å². The van der Waals surface area contributed by atoms with E-state index in [1.54, 1.807) is 25.1 Å². The molecule has 2 fully saturated rings. The van der Waals surface area contributed by atoms with Crippen molar-refractivity contribution in [1.29, 1.82) is 0 Å². The van der Waals surface area contributed by atoms with E-state index in [-0.39, 0.29) is 42.7 Å². The number of nitrogens with one attached hydrogen (secondary N) is 1. The van der Waals surface area contributed by atoms with Crippen molar-refractivity contribution in [2.45, 2.75) is 58.0 Å². The van der Waals surface area contributed by atoms with E-state index in [2.05, 4.69) is 5.32 Å². The Morgan fingerprint density at radius 3 is 2.11 bits per heavy atom. The van der Waals surface area contributed by atoms with Crippen LogP contribution in [-0.4, -0.2) is 101 Å². The minimum absolute atomic E-state index is 0.0489. The Balaban J connectivity index is 1.55. The van der Waals surface area contributed by atoms with Crippen LogP contribution in [0.5, 0.6) is 5.75 Å². The fraction of sp³-hybridized carbons (Fsp3) is 0.514. The molecule has 5 rings (SSSR count). The van der Waals surface area contributed by atoms with Crippen LogP contribution in [0.3, 0.4) is 0 Å². The molecule has 2 unspecified atom stereocenters. The molecule has 0 bridgehead atoms. The number of halogens is 3. The fourth-order valence-electron chi connectivity index (χ4n) is 8.15. The number of likely N-dealkylation sites (N-methyl/N-ethyl adjacent to an activating group) is 1. The van der Waals surface area contributed by atoms with Gasteiger partial charge in [-0.1, -0.05) is 20.8 Å². The van der Waals surface area contributed by atoms with E-state index in [0.29, 0.717) is 11.3 Å². The molecule has 53 heavy (non-hydrogen) atoms. The van der Waals surface area contributed by atoms with Crippen molar-refractivity contribution in [3.63, 3.8) is 0 Å². The normalized spacial score (nSPS) is 25.8. The second-order valence-electron chi connectivity index (χ2n) is 15.9. The molecule has 6 atom stereocenters. The zero-order valence-corrected chi connectivity index (χ0v) is 30.5. The molecule has 0 heterocycles. The topological polar surface area (TPSA) is 191 Å². The van der Waals surface area contributed by atoms with E-state index in [1.165, 1.54) is 23.9 Å². The van der Waals surface area contributed by atoms with Gasteiger partial charge in [-0.15, -0.1) is 0 Å². The SMILES string of the molecule is CN(C)c1cc(CN(CC(C)(C)C)C(=O)Nc2ccc(C(F)(F)F)cc2)c(O)c2c1C[C@H]1C[C@H]3[C@H](N(C)C)C(=O)C(C(N)=O)C(=O)[C@@]3(O)C(=O)C1C2=O. The zero-order chi connectivity index (χ0) is 39.7. The van der Waals surface area contributed by atoms with Crippen LogP contribution in [0.2, 0.25) is 0 Å². The van der Waals surface area contributed by atoms with Gasteiger partial charge in [-0.3, -0.25) is 28.9 Å². The maximum atomic E-state index is 14.5. The summed E-state index contributed by atoms with van der Waals surface area (Å²) in [5.74, 6) is -11.9. The standard InChI is InChI=1S/C37H44F3N5O8/c1-35(2,3)16-45(34(52)42-20-10-8-19(9-11-20)37(38,39)40)15-18-14-23(43(4)5)21-12-17-13-22-27(44(6)7)30(48)26(33(41)51)32(50)36(22,53)31(49)24(17)29(47)25(21)28(18)46/h8-11,14,17,22,24,26-27,46,53H,12-13,15-16H2,1-7H3,(H2,41,51)(H,42,52)/t17-,22-,24?,26?,27-,36-/m0/s1. The van der Waals surface area contributed by atoms with Crippen LogP contribution in [0.1, 0.15) is 54.2 Å². The first kappa shape index (κ1) is 39.4. The minimum atomic E-state index is -4.57. The first-order chi connectivity index (χ1) is 24.4. The number of phenolic OH excluding ortho intramolecular Hbond substituents is 1. The lowest BCUT2D eigenvalue weighted by atomic mass is 9.52. The quantitative estimate of drug-likeness (QED) is 0.307. The number of primary amides is 1. The van der Waals surface area contributed by atoms with E-state index in [0.717, 1.165) is 24.3 Å². The number of alkyl halides is 3. The summed E-state index contributed by atoms with van der Waals surface area (Å²) in [5.41, 5.74) is 1.99. The molecule has 2 saturated carbocycles. The average molecular weight is 744 g/mol. The Labute approximate surface area is 304 Å². The van der Waals surface area contributed by atoms with Crippen LogP contribution < -0.4 is 16.0 Å². The highest BCUT2D eigenvalue weighted by atomic mass is 19.4. The third-order valence-corrected chi connectivity index (χ3v) is 10.4. The number of hydrogen-bond donors (Lipinski definition) is 4. The molecule has 5 N–H and O–H groups in total. The lowest BCUT2D eigenvalue weighted by Gasteiger charge is -2.52. The van der Waals surface area contributed by atoms with Gasteiger partial charge in [0.25, 0.3) is 0 Å². The number of amides is 3. The van der Waals surface area contributed by atoms with Crippen molar-refractivity contribution < 1.29 is 52.2 Å². The molecule has 0 spiro atoms. The summed E-state index contributed by atoms with van der Waals surface area (Å²) >= 11 is 0. The van der Waals surface area contributed by atoms with E-state index < -0.39 is 93.3 Å². The number of ketones is 4. The predicted molar refractivity (Wildman–Crippen MR) is 186 cm³/mol. The molecule has 286 valence electrons. The lowest BCUT2D eigenvalue weighted by Crippen LogP contribution is -2.74. The summed E-state index contributed by atoms with van der Waals surface area (Å²) in [6.45, 7) is 5.39. The first-order valence-electron chi connectivity index (χ1n) is 17.0. The fourth-order valence-corrected chi connectivity index (χ4v) is 8.15. The van der Waals surface area contributed by atoms with Gasteiger partial charge < -0.3 is 31.1 Å². The monoisotopic (exact) mass is 743 g/mol. The number of benzene rings is 2. The number of carbonyl (C=O) groups is 6. The van der Waals surface area contributed by atoms with Gasteiger partial charge in [-0.05, 0) is 74.2 Å². The Kier molecular flexibility index (Phi) is 10.1. The van der Waals surface area contributed by atoms with Gasteiger partial charge in [0.2, 0.25) is 5.91 Å². The minimum Gasteiger partial charge on any atom is -0.507 e. The van der Waals surface area contributed by atoms with Crippen molar-refractivity contribution in [3.8, 4) is 5.75 Å². The number of aromatic hydroxyl groups is 1. The Bertz CT molecular complexity index is 1890. The van der Waals surface area contributed by atoms with Crippen molar-refractivity contribution in [2.24, 2.45) is 34.8 Å². The third-order valence-electron chi connectivity index (χ3n) is 10.4. The summed E-state index contributed by atoms with van der Waals surface area (Å²) in [4.78, 5) is 86.1. The van der Waals surface area contributed by atoms with Gasteiger partial charge in [0.15, 0.2) is 34.7 Å². The van der Waals surface area contributed by atoms with Gasteiger partial charge in [-0.2, -0.15) is 13.2 Å². The molecule has 0 aromatic heterocycles. The van der Waals surface area contributed by atoms with E-state index in [9.17, 15) is 52.2 Å². The molecular formula is C37H44F3N5O8. The maximum Gasteiger partial charge on any atom is 0.416 e. The number of nitrogens with two attached hydrogens (primary N) is 1. The summed E-state index contributed by atoms with van der Waals surface area (Å²) in [6, 6.07) is 3.57. The maximum absolute atomic E-state index is 14.5. The Morgan fingerprint density at radius 1 is 1.00 bits per heavy atom. The van der Waals surface area contributed by atoms with E-state index in [1.807, 2.05) is 20.8 Å². The number of anilines is 2. The number of rotatable bonds is 7. The molecular weight excluding hydrogens is 699 g/mol. The lowest BCUT2D eigenvalue weighted by molar-refractivity contribution is -0.181. The Hall–Kier alpha value is -4.83. The summed E-state index contributed by atoms with van der Waals surface area (Å²) in [5, 5.41) is 26.3. The molecule has 3 aliphatic rings. The second-order valence-corrected chi connectivity index (χ2v) is 15.9. The van der Waals surface area contributed by atoms with Gasteiger partial charge in [0.05, 0.1) is 29.6 Å². The van der Waals surface area contributed by atoms with Gasteiger partial charge >= 0.3 is 12.2 Å². The van der Waals surface area contributed by atoms with E-state index >= 15 is 0 Å². The molecule has 13 nitrogen and oxygen atoms in total. The first-order valence-corrected chi connectivity index (χ1v) is 17.0. The molecule has 2 aromatic carbocycles. The predicted octanol–water partition coefficient (Wildman–Crippen LogP) is 3.03. The molecule has 0 aliphatic heterocycles. The van der Waals surface area contributed by atoms with Gasteiger partial charge in [0.1, 0.15) is 5.75 Å². The highest BCUT2D eigenvalue weighted by Gasteiger charge is 2.69. The zero-order valence-electron chi connectivity index (χ0n) is 30.5. The Morgan fingerprint density at radius 2 is 1.60 bits per heavy atom. The van der Waals surface area contributed by atoms with Crippen LogP contribution in [0.15, 0.2) is 30.3 Å². The number of nitrogens with zero attached hydrogens (tertiary/aromatic N) is 3. The summed E-state index contributed by atoms with van der Waals surface area (Å²) in [7, 11) is 6.41. The number of aliphatic hydroxyl groups is 1. The molecule has 0 radical (unpaired) electrons. The highest BCUT2D eigenvalue weighted by Crippen LogP contribution is 2.52. The van der Waals surface area contributed by atoms with Crippen LogP contribution >= 0.6 is 0 Å². The average Bonchev–Trinajstić information content (AvgIpc) is 3.02. The molecule has 3 amide bonds. The van der Waals surface area contributed by atoms with Crippen LogP contribution in [0.4, 0.5) is 29.3 Å². The highest BCUT2D eigenvalue weighted by molar-refractivity contribution is 6.32. The van der Waals surface area contributed by atoms with E-state index in [4.69, 9.17) is 5.73 Å². The van der Waals surface area contributed by atoms with Crippen molar-refractivity contribution >= 4 is 46.4 Å². The number of phenols is 1. The summed E-state index contributed by atoms with van der Waals surface area (Å²) in [6.07, 6.45) is -4.63. The molecule has 0 saturated heterocycles. The third kappa shape index (κ3) is 6.89. The van der Waals surface area contributed by atoms with Crippen molar-refractivity contribution in [3.05, 3.63) is 52.6 Å². The molecule has 2 aromatic rings. The molecule has 16 heteroatoms. The van der Waals surface area contributed by atoms with Gasteiger partial charge in [-0.25, -0.2) is 4.79 Å². The van der Waals surface area contributed by atoms with Crippen LogP contribution in [-0.2, 0) is 38.3 Å². The van der Waals surface area contributed by atoms with Crippen molar-refractivity contribution in [2.75, 3.05) is 45.0 Å². The van der Waals surface area contributed by atoms with Crippen LogP contribution in [0.25, 0.3) is 0 Å². The number of fused-ring (bicyclic) bond motifs is 3. The number of Topliss-reactive ketones (excluding diaryl/α,β-unsaturated/α-hetero) is 4. The largest absolute Gasteiger partial charge is 0.507 e. The van der Waals surface area contributed by atoms with Crippen molar-refractivity contribution in [1.82, 2.24) is 9.80 Å². The molecule has 3 aliphatic carbocycles. The smallest absolute Gasteiger partial charge is 0.416 e. The number of urea groups is 1. The number of carbonyl (C=O) groups excluding carboxylic acids is 6. The number of hydrogen-bond acceptors (Lipinski definition) is 10. The van der Waals surface area contributed by atoms with Gasteiger partial charge in [0, 0.05) is 43.5 Å². The summed E-state index contributed by atoms with van der Waals surface area (Å²) < 4.78 is 39.3. The second kappa shape index (κ2) is 13.5.